The largest absolute Gasteiger partial charge is 0.393 e. The fraction of sp³-hybridized carbons (Fsp3) is 1.00. The quantitative estimate of drug-likeness (QED) is 0.261. The van der Waals surface area contributed by atoms with Gasteiger partial charge >= 0.3 is 0 Å². The van der Waals surface area contributed by atoms with Gasteiger partial charge in [0.25, 0.3) is 0 Å². The average Bonchev–Trinajstić information content (AvgIpc) is 3.50. The molecule has 0 amide bonds. The first kappa shape index (κ1) is 32.2. The standard InChI is InChI=1S/C35H58O9/c1-29(2)23(43-28-25(41)24(40)20(38)16-42-28)9-11-35-17-34(35)13-12-31(5)27(33(7)10-8-22(39)30(3,4)44-33)19(37)15-32(31,6)21(34)14-18(36)26(29)35/h18-28,36-41H,8-17H2,1-7H3. The fourth-order valence-corrected chi connectivity index (χ4v) is 13.5. The summed E-state index contributed by atoms with van der Waals surface area (Å²) >= 11 is 0. The van der Waals surface area contributed by atoms with Crippen molar-refractivity contribution in [1.82, 2.24) is 0 Å². The molecule has 0 bridgehead atoms. The van der Waals surface area contributed by atoms with Crippen molar-refractivity contribution in [1.29, 1.82) is 0 Å². The number of hydrogen-bond acceptors (Lipinski definition) is 9. The van der Waals surface area contributed by atoms with Gasteiger partial charge in [0.2, 0.25) is 0 Å². The SMILES string of the molecule is CC1(C)OC(C)(C2C(O)CC3(C)C4CC(O)C5C(C)(C)C(OC6OCC(O)C(O)C6O)CCC56CC46CCC23C)CCC1O. The first-order valence-corrected chi connectivity index (χ1v) is 17.4. The van der Waals surface area contributed by atoms with E-state index in [-0.39, 0.29) is 46.2 Å². The van der Waals surface area contributed by atoms with Crippen LogP contribution in [0.15, 0.2) is 0 Å². The van der Waals surface area contributed by atoms with E-state index in [0.29, 0.717) is 25.2 Å². The van der Waals surface area contributed by atoms with Crippen LogP contribution in [0.4, 0.5) is 0 Å². The molecule has 7 rings (SSSR count). The lowest BCUT2D eigenvalue weighted by Gasteiger charge is -2.65. The third-order valence-electron chi connectivity index (χ3n) is 15.6. The lowest BCUT2D eigenvalue weighted by molar-refractivity contribution is -0.307. The molecule has 0 aromatic carbocycles. The van der Waals surface area contributed by atoms with Crippen LogP contribution < -0.4 is 0 Å². The van der Waals surface area contributed by atoms with Gasteiger partial charge in [0, 0.05) is 5.92 Å². The Kier molecular flexibility index (Phi) is 7.04. The third-order valence-corrected chi connectivity index (χ3v) is 15.6. The van der Waals surface area contributed by atoms with Gasteiger partial charge in [-0.15, -0.1) is 0 Å². The van der Waals surface area contributed by atoms with E-state index in [1.807, 2.05) is 13.8 Å². The van der Waals surface area contributed by atoms with E-state index in [9.17, 15) is 30.6 Å². The molecule has 0 aromatic rings. The fourth-order valence-electron chi connectivity index (χ4n) is 13.5. The molecule has 16 atom stereocenters. The highest BCUT2D eigenvalue weighted by atomic mass is 16.7. The van der Waals surface area contributed by atoms with Gasteiger partial charge in [-0.3, -0.25) is 0 Å². The Balaban J connectivity index is 1.16. The molecular weight excluding hydrogens is 564 g/mol. The van der Waals surface area contributed by atoms with Gasteiger partial charge in [-0.2, -0.15) is 0 Å². The van der Waals surface area contributed by atoms with Crippen LogP contribution in [0.5, 0.6) is 0 Å². The summed E-state index contributed by atoms with van der Waals surface area (Å²) in [5.41, 5.74) is -1.81. The zero-order chi connectivity index (χ0) is 32.0. The molecule has 2 saturated heterocycles. The number of hydrogen-bond donors (Lipinski definition) is 6. The minimum atomic E-state index is -1.33. The summed E-state index contributed by atoms with van der Waals surface area (Å²) in [5, 5.41) is 65.5. The molecule has 2 aliphatic heterocycles. The van der Waals surface area contributed by atoms with Crippen LogP contribution >= 0.6 is 0 Å². The van der Waals surface area contributed by atoms with E-state index in [4.69, 9.17) is 14.2 Å². The molecule has 5 saturated carbocycles. The van der Waals surface area contributed by atoms with Crippen molar-refractivity contribution in [3.63, 3.8) is 0 Å². The molecule has 252 valence electrons. The number of rotatable bonds is 3. The second-order valence-corrected chi connectivity index (χ2v) is 18.2. The Morgan fingerprint density at radius 3 is 2.07 bits per heavy atom. The van der Waals surface area contributed by atoms with E-state index < -0.39 is 59.5 Å². The lowest BCUT2D eigenvalue weighted by atomic mass is 9.41. The van der Waals surface area contributed by atoms with Crippen LogP contribution in [0.2, 0.25) is 0 Å². The van der Waals surface area contributed by atoms with Crippen LogP contribution in [0.25, 0.3) is 0 Å². The smallest absolute Gasteiger partial charge is 0.186 e. The zero-order valence-electron chi connectivity index (χ0n) is 27.8. The van der Waals surface area contributed by atoms with Crippen molar-refractivity contribution in [2.24, 2.45) is 44.8 Å². The average molecular weight is 623 g/mol. The maximum absolute atomic E-state index is 12.1. The van der Waals surface area contributed by atoms with Crippen molar-refractivity contribution >= 4 is 0 Å². The lowest BCUT2D eigenvalue weighted by Crippen LogP contribution is -2.64. The van der Waals surface area contributed by atoms with Crippen LogP contribution in [0.1, 0.15) is 106 Å². The molecule has 16 unspecified atom stereocenters. The van der Waals surface area contributed by atoms with Gasteiger partial charge in [0.1, 0.15) is 18.3 Å². The Bertz CT molecular complexity index is 1160. The minimum Gasteiger partial charge on any atom is -0.393 e. The second-order valence-electron chi connectivity index (χ2n) is 18.2. The van der Waals surface area contributed by atoms with Crippen molar-refractivity contribution in [3.8, 4) is 0 Å². The molecule has 0 aromatic heterocycles. The van der Waals surface area contributed by atoms with E-state index >= 15 is 0 Å². The number of aliphatic hydroxyl groups excluding tert-OH is 6. The maximum Gasteiger partial charge on any atom is 0.186 e. The molecule has 2 spiro atoms. The van der Waals surface area contributed by atoms with Crippen molar-refractivity contribution in [2.45, 2.75) is 166 Å². The molecule has 2 heterocycles. The molecule has 7 fully saturated rings. The molecule has 9 heteroatoms. The molecule has 6 N–H and O–H groups in total. The molecule has 5 aliphatic carbocycles. The summed E-state index contributed by atoms with van der Waals surface area (Å²) in [5.74, 6) is 0.265. The monoisotopic (exact) mass is 622 g/mol. The zero-order valence-corrected chi connectivity index (χ0v) is 27.8. The summed E-state index contributed by atoms with van der Waals surface area (Å²) < 4.78 is 18.8. The first-order chi connectivity index (χ1) is 20.3. The minimum absolute atomic E-state index is 0.00512. The highest BCUT2D eigenvalue weighted by molar-refractivity contribution is 5.33. The molecule has 44 heavy (non-hydrogen) atoms. The van der Waals surface area contributed by atoms with Gasteiger partial charge in [-0.05, 0) is 117 Å². The molecule has 0 radical (unpaired) electrons. The second kappa shape index (κ2) is 9.63. The highest BCUT2D eigenvalue weighted by Gasteiger charge is 2.85. The molecular formula is C35H58O9. The summed E-state index contributed by atoms with van der Waals surface area (Å²) in [7, 11) is 0. The summed E-state index contributed by atoms with van der Waals surface area (Å²) in [4.78, 5) is 0. The Morgan fingerprint density at radius 1 is 0.682 bits per heavy atom. The summed E-state index contributed by atoms with van der Waals surface area (Å²) in [6, 6.07) is 0. The summed E-state index contributed by atoms with van der Waals surface area (Å²) in [6.45, 7) is 15.1. The van der Waals surface area contributed by atoms with E-state index in [1.54, 1.807) is 0 Å². The number of aliphatic hydroxyl groups is 6. The maximum atomic E-state index is 12.1. The Hall–Kier alpha value is -0.360. The van der Waals surface area contributed by atoms with Crippen molar-refractivity contribution < 1.29 is 44.8 Å². The third kappa shape index (κ3) is 3.91. The van der Waals surface area contributed by atoms with Crippen molar-refractivity contribution in [3.05, 3.63) is 0 Å². The Labute approximate surface area is 262 Å². The Morgan fingerprint density at radius 2 is 1.39 bits per heavy atom. The topological polar surface area (TPSA) is 149 Å². The van der Waals surface area contributed by atoms with Gasteiger partial charge in [0.05, 0.1) is 42.2 Å². The van der Waals surface area contributed by atoms with E-state index in [2.05, 4.69) is 34.6 Å². The predicted octanol–water partition coefficient (Wildman–Crippen LogP) is 2.90. The van der Waals surface area contributed by atoms with E-state index in [1.165, 1.54) is 0 Å². The van der Waals surface area contributed by atoms with Gasteiger partial charge < -0.3 is 44.8 Å². The van der Waals surface area contributed by atoms with Crippen LogP contribution in [-0.4, -0.2) is 97.5 Å². The van der Waals surface area contributed by atoms with Gasteiger partial charge in [-0.25, -0.2) is 0 Å². The number of ether oxygens (including phenoxy) is 3. The van der Waals surface area contributed by atoms with Crippen LogP contribution in [0.3, 0.4) is 0 Å². The molecule has 7 aliphatic rings. The van der Waals surface area contributed by atoms with Gasteiger partial charge in [-0.1, -0.05) is 27.7 Å². The van der Waals surface area contributed by atoms with Crippen molar-refractivity contribution in [2.75, 3.05) is 6.61 Å². The summed E-state index contributed by atoms with van der Waals surface area (Å²) in [6.07, 6.45) is 1.04. The van der Waals surface area contributed by atoms with Crippen LogP contribution in [0, 0.1) is 44.8 Å². The first-order valence-electron chi connectivity index (χ1n) is 17.4. The number of fused-ring (bicyclic) bond motifs is 2. The van der Waals surface area contributed by atoms with E-state index in [0.717, 1.165) is 38.5 Å². The molecule has 9 nitrogen and oxygen atoms in total. The predicted molar refractivity (Wildman–Crippen MR) is 161 cm³/mol. The van der Waals surface area contributed by atoms with Crippen LogP contribution in [-0.2, 0) is 14.2 Å². The highest BCUT2D eigenvalue weighted by Crippen LogP contribution is 2.89. The normalized spacial score (nSPS) is 60.9. The van der Waals surface area contributed by atoms with Gasteiger partial charge in [0.15, 0.2) is 6.29 Å².